The molecular weight excluding hydrogens is 218 g/mol. The van der Waals surface area contributed by atoms with Gasteiger partial charge >= 0.3 is 0 Å². The van der Waals surface area contributed by atoms with E-state index in [1.807, 2.05) is 0 Å². The number of rotatable bonds is 0. The van der Waals surface area contributed by atoms with Crippen LogP contribution in [0, 0.1) is 12.8 Å². The first-order valence-corrected chi connectivity index (χ1v) is 7.64. The van der Waals surface area contributed by atoms with Crippen molar-refractivity contribution in [1.82, 2.24) is 5.32 Å². The lowest BCUT2D eigenvalue weighted by molar-refractivity contribution is 0.0796. The van der Waals surface area contributed by atoms with Gasteiger partial charge in [-0.3, -0.25) is 0 Å². The predicted molar refractivity (Wildman–Crippen MR) is 74.9 cm³/mol. The summed E-state index contributed by atoms with van der Waals surface area (Å²) in [6, 6.07) is 7.79. The average molecular weight is 241 g/mol. The lowest BCUT2D eigenvalue weighted by atomic mass is 9.52. The van der Waals surface area contributed by atoms with Gasteiger partial charge in [-0.05, 0) is 61.8 Å². The van der Waals surface area contributed by atoms with Crippen LogP contribution in [-0.2, 0) is 11.8 Å². The maximum absolute atomic E-state index is 3.81. The fourth-order valence-electron chi connectivity index (χ4n) is 5.13. The molecule has 0 radical (unpaired) electrons. The highest BCUT2D eigenvalue weighted by molar-refractivity contribution is 5.45. The van der Waals surface area contributed by atoms with Gasteiger partial charge in [-0.15, -0.1) is 0 Å². The van der Waals surface area contributed by atoms with Crippen LogP contribution in [0.3, 0.4) is 0 Å². The molecule has 2 fully saturated rings. The van der Waals surface area contributed by atoms with E-state index in [1.54, 1.807) is 11.1 Å². The smallest absolute Gasteiger partial charge is 0.0144 e. The second kappa shape index (κ2) is 3.84. The molecule has 1 aromatic carbocycles. The molecule has 1 nitrogen and oxygen atoms in total. The Morgan fingerprint density at radius 1 is 1.22 bits per heavy atom. The zero-order chi connectivity index (χ0) is 12.2. The lowest BCUT2D eigenvalue weighted by Crippen LogP contribution is -2.59. The van der Waals surface area contributed by atoms with Crippen LogP contribution < -0.4 is 5.32 Å². The normalized spacial score (nSPS) is 37.8. The summed E-state index contributed by atoms with van der Waals surface area (Å²) < 4.78 is 0. The van der Waals surface area contributed by atoms with Gasteiger partial charge in [0.25, 0.3) is 0 Å². The van der Waals surface area contributed by atoms with E-state index in [4.69, 9.17) is 0 Å². The van der Waals surface area contributed by atoms with E-state index in [0.29, 0.717) is 5.41 Å². The third-order valence-electron chi connectivity index (χ3n) is 5.93. The summed E-state index contributed by atoms with van der Waals surface area (Å²) in [4.78, 5) is 0. The van der Waals surface area contributed by atoms with Crippen LogP contribution in [0.4, 0.5) is 0 Å². The third kappa shape index (κ3) is 1.31. The second-order valence-electron chi connectivity index (χ2n) is 6.62. The summed E-state index contributed by atoms with van der Waals surface area (Å²) in [7, 11) is 0. The molecule has 2 aliphatic carbocycles. The van der Waals surface area contributed by atoms with Crippen LogP contribution in [0.25, 0.3) is 0 Å². The van der Waals surface area contributed by atoms with E-state index >= 15 is 0 Å². The summed E-state index contributed by atoms with van der Waals surface area (Å²) in [5.41, 5.74) is 5.45. The van der Waals surface area contributed by atoms with Crippen molar-refractivity contribution in [3.63, 3.8) is 0 Å². The molecule has 4 rings (SSSR count). The standard InChI is InChI=1S/C17H23N/c1-12-5-4-7-14-13(12)11-16-15-6-2-3-8-17(14,15)9-10-18-16/h4-5,7,15-16,18H,2-3,6,8-11H2,1H3. The van der Waals surface area contributed by atoms with Gasteiger partial charge in [-0.25, -0.2) is 0 Å². The molecule has 0 spiro atoms. The number of fused-ring (bicyclic) bond motifs is 1. The minimum absolute atomic E-state index is 0.535. The molecule has 3 aliphatic rings. The minimum atomic E-state index is 0.535. The van der Waals surface area contributed by atoms with Crippen molar-refractivity contribution in [3.8, 4) is 0 Å². The van der Waals surface area contributed by atoms with E-state index in [9.17, 15) is 0 Å². The quantitative estimate of drug-likeness (QED) is 0.734. The number of piperidine rings is 1. The van der Waals surface area contributed by atoms with Crippen LogP contribution in [0.15, 0.2) is 18.2 Å². The summed E-state index contributed by atoms with van der Waals surface area (Å²) in [6.07, 6.45) is 8.42. The van der Waals surface area contributed by atoms with Crippen LogP contribution >= 0.6 is 0 Å². The monoisotopic (exact) mass is 241 g/mol. The molecule has 1 N–H and O–H groups in total. The predicted octanol–water partition coefficient (Wildman–Crippen LogP) is 3.34. The lowest BCUT2D eigenvalue weighted by Gasteiger charge is -2.56. The first-order valence-electron chi connectivity index (χ1n) is 7.64. The van der Waals surface area contributed by atoms with E-state index in [-0.39, 0.29) is 0 Å². The summed E-state index contributed by atoms with van der Waals surface area (Å²) in [5.74, 6) is 0.911. The molecule has 1 heteroatoms. The third-order valence-corrected chi connectivity index (χ3v) is 5.93. The number of hydrogen-bond acceptors (Lipinski definition) is 1. The van der Waals surface area contributed by atoms with Crippen molar-refractivity contribution >= 4 is 0 Å². The molecule has 1 heterocycles. The Morgan fingerprint density at radius 3 is 3.11 bits per heavy atom. The van der Waals surface area contributed by atoms with E-state index in [0.717, 1.165) is 12.0 Å². The van der Waals surface area contributed by atoms with Gasteiger partial charge in [0.2, 0.25) is 0 Å². The summed E-state index contributed by atoms with van der Waals surface area (Å²) in [6.45, 7) is 3.53. The highest BCUT2D eigenvalue weighted by Gasteiger charge is 2.51. The molecule has 1 aliphatic heterocycles. The summed E-state index contributed by atoms with van der Waals surface area (Å²) in [5, 5.41) is 3.81. The molecule has 2 bridgehead atoms. The minimum Gasteiger partial charge on any atom is -0.313 e. The Labute approximate surface area is 110 Å². The van der Waals surface area contributed by atoms with E-state index in [1.165, 1.54) is 50.6 Å². The Hall–Kier alpha value is -0.820. The van der Waals surface area contributed by atoms with Gasteiger partial charge in [-0.1, -0.05) is 31.0 Å². The number of benzene rings is 1. The molecule has 96 valence electrons. The van der Waals surface area contributed by atoms with Crippen molar-refractivity contribution in [1.29, 1.82) is 0 Å². The second-order valence-corrected chi connectivity index (χ2v) is 6.62. The van der Waals surface area contributed by atoms with Crippen molar-refractivity contribution < 1.29 is 0 Å². The van der Waals surface area contributed by atoms with Gasteiger partial charge < -0.3 is 5.32 Å². The van der Waals surface area contributed by atoms with Gasteiger partial charge in [0.05, 0.1) is 0 Å². The highest BCUT2D eigenvalue weighted by Crippen LogP contribution is 2.54. The molecule has 18 heavy (non-hydrogen) atoms. The van der Waals surface area contributed by atoms with Crippen molar-refractivity contribution in [2.45, 2.75) is 56.9 Å². The number of nitrogens with one attached hydrogen (secondary N) is 1. The zero-order valence-electron chi connectivity index (χ0n) is 11.3. The highest BCUT2D eigenvalue weighted by atomic mass is 15.0. The zero-order valence-corrected chi connectivity index (χ0v) is 11.3. The van der Waals surface area contributed by atoms with Crippen molar-refractivity contribution in [3.05, 3.63) is 34.9 Å². The fourth-order valence-corrected chi connectivity index (χ4v) is 5.13. The molecular formula is C17H23N. The first kappa shape index (κ1) is 11.0. The average Bonchev–Trinajstić information content (AvgIpc) is 2.40. The Balaban J connectivity index is 1.93. The van der Waals surface area contributed by atoms with Gasteiger partial charge in [-0.2, -0.15) is 0 Å². The Kier molecular flexibility index (Phi) is 2.35. The molecule has 0 amide bonds. The van der Waals surface area contributed by atoms with Crippen molar-refractivity contribution in [2.24, 2.45) is 5.92 Å². The molecule has 1 saturated heterocycles. The SMILES string of the molecule is Cc1cccc2c1CC1NCCC23CCCCC13. The largest absolute Gasteiger partial charge is 0.313 e. The number of hydrogen-bond donors (Lipinski definition) is 1. The number of aryl methyl sites for hydroxylation is 1. The molecule has 0 aromatic heterocycles. The van der Waals surface area contributed by atoms with Crippen LogP contribution in [0.1, 0.15) is 48.8 Å². The van der Waals surface area contributed by atoms with Crippen LogP contribution in [-0.4, -0.2) is 12.6 Å². The Bertz CT molecular complexity index is 474. The van der Waals surface area contributed by atoms with Crippen LogP contribution in [0.2, 0.25) is 0 Å². The van der Waals surface area contributed by atoms with Gasteiger partial charge in [0.1, 0.15) is 0 Å². The fraction of sp³-hybridized carbons (Fsp3) is 0.647. The molecule has 1 saturated carbocycles. The maximum atomic E-state index is 3.81. The Morgan fingerprint density at radius 2 is 2.17 bits per heavy atom. The summed E-state index contributed by atoms with van der Waals surface area (Å²) >= 11 is 0. The van der Waals surface area contributed by atoms with Crippen LogP contribution in [0.5, 0.6) is 0 Å². The molecule has 3 unspecified atom stereocenters. The van der Waals surface area contributed by atoms with E-state index < -0.39 is 0 Å². The molecule has 1 aromatic rings. The molecule has 3 atom stereocenters. The topological polar surface area (TPSA) is 12.0 Å². The maximum Gasteiger partial charge on any atom is 0.0144 e. The van der Waals surface area contributed by atoms with Crippen molar-refractivity contribution in [2.75, 3.05) is 6.54 Å². The van der Waals surface area contributed by atoms with Gasteiger partial charge in [0.15, 0.2) is 0 Å². The van der Waals surface area contributed by atoms with E-state index in [2.05, 4.69) is 30.4 Å². The first-order chi connectivity index (χ1) is 8.81. The van der Waals surface area contributed by atoms with Gasteiger partial charge in [0, 0.05) is 11.5 Å².